The van der Waals surface area contributed by atoms with E-state index in [1.54, 1.807) is 23.1 Å². The van der Waals surface area contributed by atoms with Crippen molar-refractivity contribution in [3.05, 3.63) is 59.2 Å². The molecule has 1 amide bonds. The molecule has 1 aliphatic rings. The van der Waals surface area contributed by atoms with Gasteiger partial charge in [0, 0.05) is 19.5 Å². The summed E-state index contributed by atoms with van der Waals surface area (Å²) < 4.78 is 21.7. The predicted molar refractivity (Wildman–Crippen MR) is 126 cm³/mol. The molecule has 1 heterocycles. The lowest BCUT2D eigenvalue weighted by Gasteiger charge is -2.26. The number of carbonyl (C=O) groups excluding carboxylic acids is 2. The summed E-state index contributed by atoms with van der Waals surface area (Å²) in [5, 5.41) is 9.47. The third-order valence-electron chi connectivity index (χ3n) is 5.19. The van der Waals surface area contributed by atoms with Gasteiger partial charge in [-0.25, -0.2) is 0 Å². The number of hydrogen-bond donors (Lipinski definition) is 0. The van der Waals surface area contributed by atoms with Crippen LogP contribution in [0, 0.1) is 18.3 Å². The number of hydrogen-bond acceptors (Lipinski definition) is 7. The Morgan fingerprint density at radius 1 is 1.12 bits per heavy atom. The second kappa shape index (κ2) is 12.4. The Kier molecular flexibility index (Phi) is 9.06. The van der Waals surface area contributed by atoms with Crippen LogP contribution in [-0.4, -0.2) is 56.8 Å². The number of nitrogens with zero attached hydrogens (tertiary/aromatic N) is 2. The number of esters is 1. The van der Waals surface area contributed by atoms with E-state index in [-0.39, 0.29) is 23.7 Å². The minimum Gasteiger partial charge on any atom is -0.494 e. The molecule has 0 saturated carbocycles. The maximum absolute atomic E-state index is 12.6. The zero-order valence-corrected chi connectivity index (χ0v) is 19.4. The van der Waals surface area contributed by atoms with Crippen molar-refractivity contribution in [3.63, 3.8) is 0 Å². The number of carbonyl (C=O) groups is 2. The molecule has 8 heteroatoms. The highest BCUT2D eigenvalue weighted by molar-refractivity contribution is 6.01. The maximum atomic E-state index is 12.6. The van der Waals surface area contributed by atoms with Gasteiger partial charge in [-0.3, -0.25) is 9.59 Å². The lowest BCUT2D eigenvalue weighted by atomic mass is 10.1. The molecule has 3 rings (SSSR count). The molecule has 0 N–H and O–H groups in total. The van der Waals surface area contributed by atoms with Crippen LogP contribution in [0.4, 0.5) is 0 Å². The number of morpholine rings is 1. The first kappa shape index (κ1) is 24.8. The van der Waals surface area contributed by atoms with Crippen LogP contribution >= 0.6 is 0 Å². The van der Waals surface area contributed by atoms with Crippen LogP contribution in [0.25, 0.3) is 6.08 Å². The van der Waals surface area contributed by atoms with Gasteiger partial charge in [0.2, 0.25) is 0 Å². The normalized spacial score (nSPS) is 13.7. The third kappa shape index (κ3) is 7.09. The summed E-state index contributed by atoms with van der Waals surface area (Å²) in [6.45, 7) is 4.21. The summed E-state index contributed by atoms with van der Waals surface area (Å²) >= 11 is 0. The zero-order chi connectivity index (χ0) is 24.3. The lowest BCUT2D eigenvalue weighted by molar-refractivity contribution is -0.134. The number of aryl methyl sites for hydroxylation is 1. The van der Waals surface area contributed by atoms with Crippen LogP contribution in [0.2, 0.25) is 0 Å². The van der Waals surface area contributed by atoms with Gasteiger partial charge in [0.05, 0.1) is 26.9 Å². The lowest BCUT2D eigenvalue weighted by Crippen LogP contribution is -2.41. The van der Waals surface area contributed by atoms with Gasteiger partial charge in [-0.2, -0.15) is 5.26 Å². The molecule has 178 valence electrons. The van der Waals surface area contributed by atoms with Gasteiger partial charge in [0.1, 0.15) is 17.4 Å². The van der Waals surface area contributed by atoms with Crippen LogP contribution in [0.15, 0.2) is 48.0 Å². The molecular formula is C26H28N2O6. The second-order valence-electron chi connectivity index (χ2n) is 7.72. The van der Waals surface area contributed by atoms with Crippen LogP contribution < -0.4 is 14.2 Å². The highest BCUT2D eigenvalue weighted by Crippen LogP contribution is 2.29. The van der Waals surface area contributed by atoms with E-state index in [1.807, 2.05) is 37.3 Å². The summed E-state index contributed by atoms with van der Waals surface area (Å²) in [5.74, 6) is 0.604. The number of methoxy groups -OCH3 is 1. The van der Waals surface area contributed by atoms with Gasteiger partial charge >= 0.3 is 5.97 Å². The Labute approximate surface area is 199 Å². The number of ether oxygens (including phenoxy) is 4. The number of nitriles is 1. The summed E-state index contributed by atoms with van der Waals surface area (Å²) in [5.41, 5.74) is 1.75. The highest BCUT2D eigenvalue weighted by atomic mass is 16.6. The molecule has 2 aromatic rings. The van der Waals surface area contributed by atoms with Gasteiger partial charge in [0.15, 0.2) is 11.5 Å². The maximum Gasteiger partial charge on any atom is 0.311 e. The largest absolute Gasteiger partial charge is 0.494 e. The molecule has 0 spiro atoms. The molecule has 0 radical (unpaired) electrons. The second-order valence-corrected chi connectivity index (χ2v) is 7.72. The number of rotatable bonds is 9. The Bertz CT molecular complexity index is 1070. The average Bonchev–Trinajstić information content (AvgIpc) is 2.87. The molecule has 0 aliphatic carbocycles. The standard InChI is InChI=1S/C26H28N2O6/c1-19-5-8-22(9-6-19)33-13-3-4-25(29)34-23-10-7-20(17-24(23)31-2)16-21(18-27)26(30)28-11-14-32-15-12-28/h5-10,16-17H,3-4,11-15H2,1-2H3/b21-16+. The van der Waals surface area contributed by atoms with Crippen LogP contribution in [0.1, 0.15) is 24.0 Å². The number of amides is 1. The molecule has 0 unspecified atom stereocenters. The minimum atomic E-state index is -0.408. The summed E-state index contributed by atoms with van der Waals surface area (Å²) in [6.07, 6.45) is 2.18. The van der Waals surface area contributed by atoms with E-state index >= 15 is 0 Å². The van der Waals surface area contributed by atoms with E-state index in [9.17, 15) is 14.9 Å². The van der Waals surface area contributed by atoms with Gasteiger partial charge < -0.3 is 23.8 Å². The van der Waals surface area contributed by atoms with E-state index in [1.165, 1.54) is 13.2 Å². The monoisotopic (exact) mass is 464 g/mol. The van der Waals surface area contributed by atoms with Crippen molar-refractivity contribution in [2.24, 2.45) is 0 Å². The molecule has 0 aromatic heterocycles. The van der Waals surface area contributed by atoms with Gasteiger partial charge in [0.25, 0.3) is 5.91 Å². The van der Waals surface area contributed by atoms with Crippen molar-refractivity contribution in [2.45, 2.75) is 19.8 Å². The van der Waals surface area contributed by atoms with Crippen molar-refractivity contribution < 1.29 is 28.5 Å². The fraction of sp³-hybridized carbons (Fsp3) is 0.346. The third-order valence-corrected chi connectivity index (χ3v) is 5.19. The first-order chi connectivity index (χ1) is 16.5. The van der Waals surface area contributed by atoms with Crippen molar-refractivity contribution in [1.29, 1.82) is 5.26 Å². The Hall–Kier alpha value is -3.83. The predicted octanol–water partition coefficient (Wildman–Crippen LogP) is 3.53. The van der Waals surface area contributed by atoms with Gasteiger partial charge in [-0.15, -0.1) is 0 Å². The molecule has 8 nitrogen and oxygen atoms in total. The van der Waals surface area contributed by atoms with E-state index in [0.29, 0.717) is 50.6 Å². The van der Waals surface area contributed by atoms with Crippen LogP contribution in [-0.2, 0) is 14.3 Å². The topological polar surface area (TPSA) is 98.1 Å². The Morgan fingerprint density at radius 2 is 1.85 bits per heavy atom. The van der Waals surface area contributed by atoms with Crippen molar-refractivity contribution in [3.8, 4) is 23.3 Å². The quantitative estimate of drug-likeness (QED) is 0.184. The van der Waals surface area contributed by atoms with Crippen molar-refractivity contribution >= 4 is 18.0 Å². The molecule has 2 aromatic carbocycles. The van der Waals surface area contributed by atoms with E-state index < -0.39 is 5.97 Å². The smallest absolute Gasteiger partial charge is 0.311 e. The highest BCUT2D eigenvalue weighted by Gasteiger charge is 2.21. The fourth-order valence-corrected chi connectivity index (χ4v) is 3.32. The van der Waals surface area contributed by atoms with Crippen LogP contribution in [0.3, 0.4) is 0 Å². The summed E-state index contributed by atoms with van der Waals surface area (Å²) in [4.78, 5) is 26.5. The molecule has 1 aliphatic heterocycles. The summed E-state index contributed by atoms with van der Waals surface area (Å²) in [6, 6.07) is 14.5. The van der Waals surface area contributed by atoms with Gasteiger partial charge in [-0.1, -0.05) is 23.8 Å². The SMILES string of the molecule is COc1cc(/C=C(\C#N)C(=O)N2CCOCC2)ccc1OC(=O)CCCOc1ccc(C)cc1. The number of benzene rings is 2. The average molecular weight is 465 g/mol. The molecule has 34 heavy (non-hydrogen) atoms. The van der Waals surface area contributed by atoms with E-state index in [0.717, 1.165) is 11.3 Å². The first-order valence-corrected chi connectivity index (χ1v) is 11.1. The van der Waals surface area contributed by atoms with Crippen molar-refractivity contribution in [2.75, 3.05) is 40.0 Å². The van der Waals surface area contributed by atoms with Gasteiger partial charge in [-0.05, 0) is 49.2 Å². The molecule has 0 atom stereocenters. The van der Waals surface area contributed by atoms with E-state index in [4.69, 9.17) is 18.9 Å². The molecule has 0 bridgehead atoms. The Balaban J connectivity index is 1.56. The molecular weight excluding hydrogens is 436 g/mol. The van der Waals surface area contributed by atoms with E-state index in [2.05, 4.69) is 0 Å². The minimum absolute atomic E-state index is 0.0160. The zero-order valence-electron chi connectivity index (χ0n) is 19.4. The first-order valence-electron chi connectivity index (χ1n) is 11.1. The van der Waals surface area contributed by atoms with Crippen LogP contribution in [0.5, 0.6) is 17.2 Å². The summed E-state index contributed by atoms with van der Waals surface area (Å²) in [7, 11) is 1.46. The molecule has 1 fully saturated rings. The Morgan fingerprint density at radius 3 is 2.53 bits per heavy atom. The fourth-order valence-electron chi connectivity index (χ4n) is 3.32. The molecule has 1 saturated heterocycles. The van der Waals surface area contributed by atoms with Crippen molar-refractivity contribution in [1.82, 2.24) is 4.90 Å².